The molecule has 0 aromatic heterocycles. The Morgan fingerprint density at radius 2 is 1.78 bits per heavy atom. The number of halogens is 2. The van der Waals surface area contributed by atoms with E-state index in [1.807, 2.05) is 6.92 Å². The Labute approximate surface area is 104 Å². The summed E-state index contributed by atoms with van der Waals surface area (Å²) >= 11 is 0. The highest BCUT2D eigenvalue weighted by atomic mass is 19.1. The van der Waals surface area contributed by atoms with Crippen LogP contribution in [0.15, 0.2) is 42.5 Å². The van der Waals surface area contributed by atoms with Crippen LogP contribution in [0.5, 0.6) is 17.2 Å². The number of ether oxygens (including phenoxy) is 2. The van der Waals surface area contributed by atoms with Crippen molar-refractivity contribution in [3.05, 3.63) is 54.1 Å². The van der Waals surface area contributed by atoms with E-state index in [1.54, 1.807) is 24.3 Å². The van der Waals surface area contributed by atoms with Gasteiger partial charge >= 0.3 is 0 Å². The average Bonchev–Trinajstić information content (AvgIpc) is 2.34. The third-order valence-corrected chi connectivity index (χ3v) is 2.24. The Hall–Kier alpha value is -2.10. The predicted molar refractivity (Wildman–Crippen MR) is 64.0 cm³/mol. The van der Waals surface area contributed by atoms with Gasteiger partial charge in [0.05, 0.1) is 6.61 Å². The average molecular weight is 250 g/mol. The first kappa shape index (κ1) is 12.4. The van der Waals surface area contributed by atoms with Crippen LogP contribution in [-0.2, 0) is 0 Å². The van der Waals surface area contributed by atoms with Crippen LogP contribution in [0.2, 0.25) is 0 Å². The minimum absolute atomic E-state index is 0.0231. The molecular weight excluding hydrogens is 238 g/mol. The van der Waals surface area contributed by atoms with Crippen molar-refractivity contribution in [2.24, 2.45) is 0 Å². The SMILES string of the molecule is CCOc1cccc(Oc2ccc(F)cc2F)c1. The normalized spacial score (nSPS) is 10.2. The molecule has 0 radical (unpaired) electrons. The van der Waals surface area contributed by atoms with Crippen molar-refractivity contribution in [1.82, 2.24) is 0 Å². The fourth-order valence-corrected chi connectivity index (χ4v) is 1.48. The lowest BCUT2D eigenvalue weighted by molar-refractivity contribution is 0.337. The molecule has 2 aromatic rings. The zero-order chi connectivity index (χ0) is 13.0. The monoisotopic (exact) mass is 250 g/mol. The lowest BCUT2D eigenvalue weighted by Crippen LogP contribution is -1.93. The standard InChI is InChI=1S/C14H12F2O2/c1-2-17-11-4-3-5-12(9-11)18-14-7-6-10(15)8-13(14)16/h3-9H,2H2,1H3. The number of rotatable bonds is 4. The summed E-state index contributed by atoms with van der Waals surface area (Å²) in [6, 6.07) is 10.0. The second kappa shape index (κ2) is 5.49. The van der Waals surface area contributed by atoms with E-state index < -0.39 is 11.6 Å². The van der Waals surface area contributed by atoms with E-state index in [0.717, 1.165) is 12.1 Å². The molecule has 0 unspecified atom stereocenters. The van der Waals surface area contributed by atoms with Crippen molar-refractivity contribution >= 4 is 0 Å². The van der Waals surface area contributed by atoms with E-state index in [9.17, 15) is 8.78 Å². The molecule has 2 aromatic carbocycles. The molecule has 0 saturated heterocycles. The molecule has 4 heteroatoms. The highest BCUT2D eigenvalue weighted by Gasteiger charge is 2.06. The van der Waals surface area contributed by atoms with Crippen molar-refractivity contribution in [3.63, 3.8) is 0 Å². The van der Waals surface area contributed by atoms with Gasteiger partial charge in [-0.2, -0.15) is 0 Å². The minimum atomic E-state index is -0.739. The van der Waals surface area contributed by atoms with E-state index in [4.69, 9.17) is 9.47 Å². The Morgan fingerprint density at radius 1 is 1.00 bits per heavy atom. The number of hydrogen-bond acceptors (Lipinski definition) is 2. The molecule has 2 nitrogen and oxygen atoms in total. The summed E-state index contributed by atoms with van der Waals surface area (Å²) in [5, 5.41) is 0. The zero-order valence-electron chi connectivity index (χ0n) is 9.82. The second-order valence-electron chi connectivity index (χ2n) is 3.58. The topological polar surface area (TPSA) is 18.5 Å². The summed E-state index contributed by atoms with van der Waals surface area (Å²) in [4.78, 5) is 0. The van der Waals surface area contributed by atoms with Crippen LogP contribution in [-0.4, -0.2) is 6.61 Å². The molecular formula is C14H12F2O2. The Bertz CT molecular complexity index is 541. The summed E-state index contributed by atoms with van der Waals surface area (Å²) < 4.78 is 36.8. The van der Waals surface area contributed by atoms with Crippen LogP contribution in [0.1, 0.15) is 6.92 Å². The molecule has 0 aliphatic rings. The van der Waals surface area contributed by atoms with Gasteiger partial charge in [-0.3, -0.25) is 0 Å². The lowest BCUT2D eigenvalue weighted by Gasteiger charge is -2.08. The molecule has 2 rings (SSSR count). The van der Waals surface area contributed by atoms with Gasteiger partial charge < -0.3 is 9.47 Å². The maximum absolute atomic E-state index is 13.4. The first-order valence-corrected chi connectivity index (χ1v) is 5.55. The lowest BCUT2D eigenvalue weighted by atomic mass is 10.3. The maximum Gasteiger partial charge on any atom is 0.168 e. The Kier molecular flexibility index (Phi) is 3.77. The molecule has 0 saturated carbocycles. The van der Waals surface area contributed by atoms with Crippen molar-refractivity contribution in [2.45, 2.75) is 6.92 Å². The zero-order valence-corrected chi connectivity index (χ0v) is 9.82. The van der Waals surface area contributed by atoms with Crippen LogP contribution in [0.3, 0.4) is 0 Å². The van der Waals surface area contributed by atoms with E-state index in [1.165, 1.54) is 6.07 Å². The smallest absolute Gasteiger partial charge is 0.168 e. The molecule has 94 valence electrons. The van der Waals surface area contributed by atoms with Crippen molar-refractivity contribution in [1.29, 1.82) is 0 Å². The molecule has 0 bridgehead atoms. The van der Waals surface area contributed by atoms with Gasteiger partial charge in [-0.1, -0.05) is 6.07 Å². The molecule has 0 fully saturated rings. The maximum atomic E-state index is 13.4. The molecule has 0 spiro atoms. The molecule has 18 heavy (non-hydrogen) atoms. The third-order valence-electron chi connectivity index (χ3n) is 2.24. The van der Waals surface area contributed by atoms with Crippen molar-refractivity contribution in [2.75, 3.05) is 6.61 Å². The van der Waals surface area contributed by atoms with Crippen LogP contribution in [0.25, 0.3) is 0 Å². The Morgan fingerprint density at radius 3 is 2.50 bits per heavy atom. The summed E-state index contributed by atoms with van der Waals surface area (Å²) in [6.07, 6.45) is 0. The van der Waals surface area contributed by atoms with Gasteiger partial charge in [0, 0.05) is 12.1 Å². The molecule has 0 atom stereocenters. The highest BCUT2D eigenvalue weighted by molar-refractivity contribution is 5.37. The van der Waals surface area contributed by atoms with E-state index in [0.29, 0.717) is 18.1 Å². The van der Waals surface area contributed by atoms with E-state index in [-0.39, 0.29) is 5.75 Å². The fourth-order valence-electron chi connectivity index (χ4n) is 1.48. The summed E-state index contributed by atoms with van der Waals surface area (Å²) in [5.41, 5.74) is 0. The molecule has 0 heterocycles. The van der Waals surface area contributed by atoms with Gasteiger partial charge in [-0.05, 0) is 31.2 Å². The highest BCUT2D eigenvalue weighted by Crippen LogP contribution is 2.27. The van der Waals surface area contributed by atoms with Gasteiger partial charge in [0.25, 0.3) is 0 Å². The largest absolute Gasteiger partial charge is 0.494 e. The second-order valence-corrected chi connectivity index (χ2v) is 3.58. The molecule has 0 aliphatic carbocycles. The number of hydrogen-bond donors (Lipinski definition) is 0. The summed E-state index contributed by atoms with van der Waals surface area (Å²) in [6.45, 7) is 2.40. The van der Waals surface area contributed by atoms with Crippen molar-refractivity contribution < 1.29 is 18.3 Å². The third kappa shape index (κ3) is 2.97. The van der Waals surface area contributed by atoms with Gasteiger partial charge in [0.2, 0.25) is 0 Å². The van der Waals surface area contributed by atoms with Gasteiger partial charge in [0.15, 0.2) is 11.6 Å². The quantitative estimate of drug-likeness (QED) is 0.811. The van der Waals surface area contributed by atoms with Crippen molar-refractivity contribution in [3.8, 4) is 17.2 Å². The van der Waals surface area contributed by atoms with Crippen LogP contribution < -0.4 is 9.47 Å². The van der Waals surface area contributed by atoms with Gasteiger partial charge in [-0.25, -0.2) is 8.78 Å². The molecule has 0 aliphatic heterocycles. The van der Waals surface area contributed by atoms with E-state index >= 15 is 0 Å². The first-order chi connectivity index (χ1) is 8.69. The predicted octanol–water partition coefficient (Wildman–Crippen LogP) is 4.16. The molecule has 0 amide bonds. The summed E-state index contributed by atoms with van der Waals surface area (Å²) in [5.74, 6) is -0.325. The Balaban J connectivity index is 2.20. The van der Waals surface area contributed by atoms with Crippen LogP contribution in [0.4, 0.5) is 8.78 Å². The van der Waals surface area contributed by atoms with Gasteiger partial charge in [0.1, 0.15) is 17.3 Å². The van der Waals surface area contributed by atoms with Crippen LogP contribution in [0, 0.1) is 11.6 Å². The molecule has 0 N–H and O–H groups in total. The number of benzene rings is 2. The minimum Gasteiger partial charge on any atom is -0.494 e. The first-order valence-electron chi connectivity index (χ1n) is 5.55. The van der Waals surface area contributed by atoms with Gasteiger partial charge in [-0.15, -0.1) is 0 Å². The van der Waals surface area contributed by atoms with E-state index in [2.05, 4.69) is 0 Å². The van der Waals surface area contributed by atoms with Crippen LogP contribution >= 0.6 is 0 Å². The fraction of sp³-hybridized carbons (Fsp3) is 0.143. The summed E-state index contributed by atoms with van der Waals surface area (Å²) in [7, 11) is 0.